The molecule has 0 aromatic carbocycles. The lowest BCUT2D eigenvalue weighted by Crippen LogP contribution is -2.43. The molecular weight excluding hydrogens is 225 g/mol. The number of pyridine rings is 1. The van der Waals surface area contributed by atoms with Crippen LogP contribution < -0.4 is 5.73 Å². The number of primary amides is 1. The maximum atomic E-state index is 12.6. The molecule has 2 N–H and O–H groups in total. The monoisotopic (exact) mass is 237 g/mol. The Morgan fingerprint density at radius 3 is 2.82 bits per heavy atom. The molecule has 0 aliphatic carbocycles. The molecular formula is C11H12FN3O2. The Balaban J connectivity index is 2.19. The molecule has 17 heavy (non-hydrogen) atoms. The summed E-state index contributed by atoms with van der Waals surface area (Å²) in [5.41, 5.74) is 5.48. The number of halogens is 1. The van der Waals surface area contributed by atoms with Crippen LogP contribution >= 0.6 is 0 Å². The molecule has 2 rings (SSSR count). The Morgan fingerprint density at radius 1 is 1.47 bits per heavy atom. The predicted octanol–water partition coefficient (Wildman–Crippen LogP) is 0.311. The lowest BCUT2D eigenvalue weighted by atomic mass is 10.2. The van der Waals surface area contributed by atoms with Crippen LogP contribution in [0.3, 0.4) is 0 Å². The summed E-state index contributed by atoms with van der Waals surface area (Å²) in [4.78, 5) is 28.0. The lowest BCUT2D eigenvalue weighted by Gasteiger charge is -2.21. The number of nitrogens with zero attached hydrogens (tertiary/aromatic N) is 2. The zero-order chi connectivity index (χ0) is 12.4. The Morgan fingerprint density at radius 2 is 2.24 bits per heavy atom. The minimum Gasteiger partial charge on any atom is -0.368 e. The maximum Gasteiger partial charge on any atom is 0.256 e. The van der Waals surface area contributed by atoms with Gasteiger partial charge in [0.2, 0.25) is 11.9 Å². The molecule has 0 radical (unpaired) electrons. The highest BCUT2D eigenvalue weighted by molar-refractivity contribution is 5.97. The molecule has 1 fully saturated rings. The van der Waals surface area contributed by atoms with Crippen LogP contribution in [-0.4, -0.2) is 34.3 Å². The van der Waals surface area contributed by atoms with Crippen LogP contribution in [-0.2, 0) is 4.79 Å². The Bertz CT molecular complexity index is 447. The van der Waals surface area contributed by atoms with Crippen molar-refractivity contribution in [3.05, 3.63) is 29.8 Å². The van der Waals surface area contributed by atoms with E-state index in [0.29, 0.717) is 13.0 Å². The lowest BCUT2D eigenvalue weighted by molar-refractivity contribution is -0.121. The molecule has 90 valence electrons. The summed E-state index contributed by atoms with van der Waals surface area (Å²) < 4.78 is 12.6. The van der Waals surface area contributed by atoms with E-state index in [0.717, 1.165) is 18.7 Å². The van der Waals surface area contributed by atoms with Crippen LogP contribution in [0.2, 0.25) is 0 Å². The van der Waals surface area contributed by atoms with Gasteiger partial charge in [0, 0.05) is 12.7 Å². The second kappa shape index (κ2) is 4.48. The summed E-state index contributed by atoms with van der Waals surface area (Å²) in [6.07, 6.45) is 2.48. The number of carbonyl (C=O) groups is 2. The Hall–Kier alpha value is -1.98. The number of likely N-dealkylation sites (tertiary alicyclic amines) is 1. The van der Waals surface area contributed by atoms with Crippen LogP contribution in [0.4, 0.5) is 4.39 Å². The second-order valence-electron chi connectivity index (χ2n) is 3.93. The van der Waals surface area contributed by atoms with Crippen molar-refractivity contribution in [3.8, 4) is 0 Å². The molecule has 0 spiro atoms. The third-order valence-corrected chi connectivity index (χ3v) is 2.82. The number of hydrogen-bond acceptors (Lipinski definition) is 3. The van der Waals surface area contributed by atoms with Gasteiger partial charge in [-0.05, 0) is 25.0 Å². The van der Waals surface area contributed by atoms with Crippen molar-refractivity contribution in [2.45, 2.75) is 18.9 Å². The van der Waals surface area contributed by atoms with Gasteiger partial charge >= 0.3 is 0 Å². The third-order valence-electron chi connectivity index (χ3n) is 2.82. The van der Waals surface area contributed by atoms with Gasteiger partial charge in [0.25, 0.3) is 5.91 Å². The molecule has 1 saturated heterocycles. The molecule has 1 aromatic rings. The van der Waals surface area contributed by atoms with E-state index < -0.39 is 17.9 Å². The fourth-order valence-electron chi connectivity index (χ4n) is 1.97. The average Bonchev–Trinajstić information content (AvgIpc) is 2.78. The van der Waals surface area contributed by atoms with Crippen LogP contribution in [0.5, 0.6) is 0 Å². The first kappa shape index (κ1) is 11.5. The van der Waals surface area contributed by atoms with E-state index in [9.17, 15) is 14.0 Å². The van der Waals surface area contributed by atoms with Gasteiger partial charge in [-0.15, -0.1) is 0 Å². The van der Waals surface area contributed by atoms with Gasteiger partial charge in [-0.25, -0.2) is 4.98 Å². The molecule has 1 atom stereocenters. The minimum atomic E-state index is -0.644. The van der Waals surface area contributed by atoms with Crippen molar-refractivity contribution >= 4 is 11.8 Å². The van der Waals surface area contributed by atoms with Crippen molar-refractivity contribution in [3.63, 3.8) is 0 Å². The van der Waals surface area contributed by atoms with Crippen molar-refractivity contribution < 1.29 is 14.0 Å². The average molecular weight is 237 g/mol. The van der Waals surface area contributed by atoms with Gasteiger partial charge < -0.3 is 10.6 Å². The summed E-state index contributed by atoms with van der Waals surface area (Å²) >= 11 is 0. The van der Waals surface area contributed by atoms with E-state index in [1.54, 1.807) is 0 Å². The van der Waals surface area contributed by atoms with E-state index in [1.807, 2.05) is 0 Å². The fraction of sp³-hybridized carbons (Fsp3) is 0.364. The van der Waals surface area contributed by atoms with Crippen molar-refractivity contribution in [1.82, 2.24) is 9.88 Å². The molecule has 0 saturated carbocycles. The van der Waals surface area contributed by atoms with E-state index in [2.05, 4.69) is 4.98 Å². The summed E-state index contributed by atoms with van der Waals surface area (Å²) in [6, 6.07) is 1.90. The highest BCUT2D eigenvalue weighted by Crippen LogP contribution is 2.19. The van der Waals surface area contributed by atoms with Crippen molar-refractivity contribution in [2.24, 2.45) is 5.73 Å². The van der Waals surface area contributed by atoms with Gasteiger partial charge in [-0.3, -0.25) is 9.59 Å². The maximum absolute atomic E-state index is 12.6. The van der Waals surface area contributed by atoms with Crippen molar-refractivity contribution in [2.75, 3.05) is 6.54 Å². The molecule has 1 aromatic heterocycles. The molecule has 6 heteroatoms. The SMILES string of the molecule is NC(=O)C1CCCN1C(=O)c1ccc(F)nc1. The van der Waals surface area contributed by atoms with Gasteiger partial charge in [-0.1, -0.05) is 0 Å². The number of amides is 2. The molecule has 0 bridgehead atoms. The zero-order valence-electron chi connectivity index (χ0n) is 9.10. The summed E-state index contributed by atoms with van der Waals surface area (Å²) in [7, 11) is 0. The molecule has 5 nitrogen and oxygen atoms in total. The Labute approximate surface area is 97.4 Å². The second-order valence-corrected chi connectivity index (χ2v) is 3.93. The van der Waals surface area contributed by atoms with Crippen LogP contribution in [0.15, 0.2) is 18.3 Å². The standard InChI is InChI=1S/C11H12FN3O2/c12-9-4-3-7(6-14-9)11(17)15-5-1-2-8(15)10(13)16/h3-4,6,8H,1-2,5H2,(H2,13,16). The third kappa shape index (κ3) is 2.25. The molecule has 2 amide bonds. The topological polar surface area (TPSA) is 76.3 Å². The number of rotatable bonds is 2. The smallest absolute Gasteiger partial charge is 0.256 e. The van der Waals surface area contributed by atoms with E-state index in [-0.39, 0.29) is 11.5 Å². The minimum absolute atomic E-state index is 0.263. The van der Waals surface area contributed by atoms with Gasteiger partial charge in [0.15, 0.2) is 0 Å². The van der Waals surface area contributed by atoms with E-state index in [1.165, 1.54) is 11.0 Å². The summed E-state index contributed by atoms with van der Waals surface area (Å²) in [5, 5.41) is 0. The first-order chi connectivity index (χ1) is 8.09. The van der Waals surface area contributed by atoms with Gasteiger partial charge in [-0.2, -0.15) is 4.39 Å². The van der Waals surface area contributed by atoms with Crippen LogP contribution in [0.1, 0.15) is 23.2 Å². The molecule has 1 aliphatic heterocycles. The van der Waals surface area contributed by atoms with Crippen molar-refractivity contribution in [1.29, 1.82) is 0 Å². The Kier molecular flexibility index (Phi) is 3.03. The number of aromatic nitrogens is 1. The normalized spacial score (nSPS) is 19.4. The highest BCUT2D eigenvalue weighted by Gasteiger charge is 2.33. The first-order valence-corrected chi connectivity index (χ1v) is 5.31. The highest BCUT2D eigenvalue weighted by atomic mass is 19.1. The largest absolute Gasteiger partial charge is 0.368 e. The summed E-state index contributed by atoms with van der Waals surface area (Å²) in [6.45, 7) is 0.490. The number of carbonyl (C=O) groups excluding carboxylic acids is 2. The van der Waals surface area contributed by atoms with Gasteiger partial charge in [0.05, 0.1) is 5.56 Å². The van der Waals surface area contributed by atoms with Crippen LogP contribution in [0, 0.1) is 5.95 Å². The zero-order valence-corrected chi connectivity index (χ0v) is 9.10. The molecule has 1 aliphatic rings. The summed E-state index contributed by atoms with van der Waals surface area (Å²) in [5.74, 6) is -1.49. The fourth-order valence-corrected chi connectivity index (χ4v) is 1.97. The van der Waals surface area contributed by atoms with E-state index in [4.69, 9.17) is 5.73 Å². The number of hydrogen-bond donors (Lipinski definition) is 1. The van der Waals surface area contributed by atoms with E-state index >= 15 is 0 Å². The molecule has 2 heterocycles. The van der Waals surface area contributed by atoms with Crippen LogP contribution in [0.25, 0.3) is 0 Å². The first-order valence-electron chi connectivity index (χ1n) is 5.31. The molecule has 1 unspecified atom stereocenters. The van der Waals surface area contributed by atoms with Gasteiger partial charge in [0.1, 0.15) is 6.04 Å². The quantitative estimate of drug-likeness (QED) is 0.752. The predicted molar refractivity (Wildman–Crippen MR) is 57.4 cm³/mol. The number of nitrogens with two attached hydrogens (primary N) is 1.